The van der Waals surface area contributed by atoms with E-state index in [0.29, 0.717) is 0 Å². The number of methoxy groups -OCH3 is 1. The molecule has 0 aliphatic heterocycles. The lowest BCUT2D eigenvalue weighted by Gasteiger charge is -2.19. The molecule has 1 N–H and O–H groups in total. The average Bonchev–Trinajstić information content (AvgIpc) is 2.72. The van der Waals surface area contributed by atoms with Gasteiger partial charge in [0.15, 0.2) is 0 Å². The van der Waals surface area contributed by atoms with Crippen LogP contribution in [0.1, 0.15) is 17.3 Å². The quantitative estimate of drug-likeness (QED) is 0.873. The molecule has 4 nitrogen and oxygen atoms in total. The van der Waals surface area contributed by atoms with Crippen LogP contribution in [-0.2, 0) is 7.05 Å². The molecule has 1 aromatic carbocycles. The summed E-state index contributed by atoms with van der Waals surface area (Å²) in [6.07, 6.45) is 1.80. The molecular weight excluding hydrogens is 374 g/mol. The Hall–Kier alpha value is -0.850. The van der Waals surface area contributed by atoms with Crippen LogP contribution in [-0.4, -0.2) is 23.9 Å². The van der Waals surface area contributed by atoms with E-state index in [2.05, 4.69) is 48.3 Å². The third-order valence-corrected chi connectivity index (χ3v) is 4.24. The number of ether oxygens (including phenoxy) is 1. The van der Waals surface area contributed by atoms with Crippen molar-refractivity contribution >= 4 is 31.9 Å². The summed E-state index contributed by atoms with van der Waals surface area (Å²) < 4.78 is 9.05. The zero-order chi connectivity index (χ0) is 14.0. The van der Waals surface area contributed by atoms with Crippen molar-refractivity contribution in [1.82, 2.24) is 15.1 Å². The molecule has 0 fully saturated rings. The fourth-order valence-electron chi connectivity index (χ4n) is 2.07. The lowest BCUT2D eigenvalue weighted by molar-refractivity contribution is 0.411. The Kier molecular flexibility index (Phi) is 4.65. The van der Waals surface area contributed by atoms with E-state index in [0.717, 1.165) is 26.0 Å². The van der Waals surface area contributed by atoms with E-state index < -0.39 is 0 Å². The highest BCUT2D eigenvalue weighted by molar-refractivity contribution is 9.10. The maximum atomic E-state index is 5.26. The SMILES string of the molecule is CNC(c1ccc(OC)c(Br)c1)c1c(Br)cnn1C. The standard InChI is InChI=1S/C13H15Br2N3O/c1-16-12(13-10(15)7-17-18(13)2)8-4-5-11(19-3)9(14)6-8/h4-7,12,16H,1-3H3. The molecule has 2 aromatic rings. The van der Waals surface area contributed by atoms with Crippen molar-refractivity contribution in [2.45, 2.75) is 6.04 Å². The van der Waals surface area contributed by atoms with Gasteiger partial charge in [0.2, 0.25) is 0 Å². The third kappa shape index (κ3) is 2.85. The Bertz CT molecular complexity index is 564. The number of benzene rings is 1. The maximum Gasteiger partial charge on any atom is 0.133 e. The first-order valence-electron chi connectivity index (χ1n) is 5.76. The van der Waals surface area contributed by atoms with Crippen LogP contribution >= 0.6 is 31.9 Å². The monoisotopic (exact) mass is 387 g/mol. The van der Waals surface area contributed by atoms with Crippen molar-refractivity contribution in [1.29, 1.82) is 0 Å². The van der Waals surface area contributed by atoms with Crippen LogP contribution in [0, 0.1) is 0 Å². The lowest BCUT2D eigenvalue weighted by Crippen LogP contribution is -2.21. The van der Waals surface area contributed by atoms with E-state index >= 15 is 0 Å². The molecule has 1 heterocycles. The number of aromatic nitrogens is 2. The molecule has 0 saturated carbocycles. The van der Waals surface area contributed by atoms with Gasteiger partial charge in [0.05, 0.1) is 34.0 Å². The van der Waals surface area contributed by atoms with Gasteiger partial charge >= 0.3 is 0 Å². The van der Waals surface area contributed by atoms with Crippen molar-refractivity contribution in [3.8, 4) is 5.75 Å². The molecule has 0 spiro atoms. The number of nitrogens with zero attached hydrogens (tertiary/aromatic N) is 2. The first kappa shape index (κ1) is 14.6. The number of hydrogen-bond acceptors (Lipinski definition) is 3. The second kappa shape index (κ2) is 6.07. The summed E-state index contributed by atoms with van der Waals surface area (Å²) in [5.74, 6) is 0.822. The molecule has 0 saturated heterocycles. The summed E-state index contributed by atoms with van der Waals surface area (Å²) in [5.41, 5.74) is 2.22. The summed E-state index contributed by atoms with van der Waals surface area (Å²) in [6, 6.07) is 6.11. The van der Waals surface area contributed by atoms with Crippen LogP contribution < -0.4 is 10.1 Å². The molecule has 1 unspecified atom stereocenters. The van der Waals surface area contributed by atoms with Crippen LogP contribution in [0.3, 0.4) is 0 Å². The van der Waals surface area contributed by atoms with Gasteiger partial charge in [-0.15, -0.1) is 0 Å². The maximum absolute atomic E-state index is 5.26. The topological polar surface area (TPSA) is 39.1 Å². The molecule has 102 valence electrons. The van der Waals surface area contributed by atoms with Crippen molar-refractivity contribution < 1.29 is 4.74 Å². The summed E-state index contributed by atoms with van der Waals surface area (Å²) in [5, 5.41) is 7.57. The first-order chi connectivity index (χ1) is 9.08. The number of aryl methyl sites for hydroxylation is 1. The zero-order valence-electron chi connectivity index (χ0n) is 10.9. The van der Waals surface area contributed by atoms with Gasteiger partial charge in [0.1, 0.15) is 5.75 Å². The Morgan fingerprint density at radius 1 is 1.32 bits per heavy atom. The van der Waals surface area contributed by atoms with Crippen molar-refractivity contribution in [3.63, 3.8) is 0 Å². The van der Waals surface area contributed by atoms with Crippen molar-refractivity contribution in [2.75, 3.05) is 14.2 Å². The molecular formula is C13H15Br2N3O. The van der Waals surface area contributed by atoms with Gasteiger partial charge in [0.25, 0.3) is 0 Å². The normalized spacial score (nSPS) is 12.5. The summed E-state index contributed by atoms with van der Waals surface area (Å²) >= 11 is 7.06. The smallest absolute Gasteiger partial charge is 0.133 e. The summed E-state index contributed by atoms with van der Waals surface area (Å²) in [4.78, 5) is 0. The molecule has 0 amide bonds. The van der Waals surface area contributed by atoms with Gasteiger partial charge in [-0.05, 0) is 56.6 Å². The van der Waals surface area contributed by atoms with Gasteiger partial charge in [-0.25, -0.2) is 0 Å². The van der Waals surface area contributed by atoms with Gasteiger partial charge in [-0.2, -0.15) is 5.10 Å². The highest BCUT2D eigenvalue weighted by Crippen LogP contribution is 2.32. The van der Waals surface area contributed by atoms with E-state index in [9.17, 15) is 0 Å². The minimum atomic E-state index is 0.0593. The van der Waals surface area contributed by atoms with E-state index in [-0.39, 0.29) is 6.04 Å². The molecule has 1 atom stereocenters. The van der Waals surface area contributed by atoms with E-state index in [1.807, 2.05) is 30.9 Å². The van der Waals surface area contributed by atoms with Crippen LogP contribution in [0.4, 0.5) is 0 Å². The molecule has 1 aromatic heterocycles. The van der Waals surface area contributed by atoms with E-state index in [1.54, 1.807) is 13.3 Å². The van der Waals surface area contributed by atoms with E-state index in [1.165, 1.54) is 0 Å². The fraction of sp³-hybridized carbons (Fsp3) is 0.308. The van der Waals surface area contributed by atoms with E-state index in [4.69, 9.17) is 4.74 Å². The van der Waals surface area contributed by atoms with Gasteiger partial charge in [0, 0.05) is 7.05 Å². The lowest BCUT2D eigenvalue weighted by atomic mass is 10.0. The van der Waals surface area contributed by atoms with Crippen LogP contribution in [0.5, 0.6) is 5.75 Å². The number of hydrogen-bond donors (Lipinski definition) is 1. The molecule has 19 heavy (non-hydrogen) atoms. The predicted octanol–water partition coefficient (Wildman–Crippen LogP) is 3.26. The Labute approximate surface area is 129 Å². The third-order valence-electron chi connectivity index (χ3n) is 3.01. The fourth-order valence-corrected chi connectivity index (χ4v) is 3.20. The minimum absolute atomic E-state index is 0.0593. The van der Waals surface area contributed by atoms with Crippen LogP contribution in [0.25, 0.3) is 0 Å². The molecule has 0 aliphatic rings. The zero-order valence-corrected chi connectivity index (χ0v) is 14.1. The Balaban J connectivity index is 2.46. The second-order valence-electron chi connectivity index (χ2n) is 4.12. The first-order valence-corrected chi connectivity index (χ1v) is 7.35. The largest absolute Gasteiger partial charge is 0.496 e. The molecule has 2 rings (SSSR count). The average molecular weight is 389 g/mol. The van der Waals surface area contributed by atoms with Crippen LogP contribution in [0.2, 0.25) is 0 Å². The van der Waals surface area contributed by atoms with Gasteiger partial charge in [-0.3, -0.25) is 4.68 Å². The minimum Gasteiger partial charge on any atom is -0.496 e. The number of nitrogens with one attached hydrogen (secondary N) is 1. The summed E-state index contributed by atoms with van der Waals surface area (Å²) in [6.45, 7) is 0. The number of halogens is 2. The van der Waals surface area contributed by atoms with Crippen LogP contribution in [0.15, 0.2) is 33.3 Å². The molecule has 6 heteroatoms. The molecule has 0 radical (unpaired) electrons. The van der Waals surface area contributed by atoms with Crippen molar-refractivity contribution in [3.05, 3.63) is 44.6 Å². The number of rotatable bonds is 4. The Morgan fingerprint density at radius 2 is 2.05 bits per heavy atom. The molecule has 0 aliphatic carbocycles. The summed E-state index contributed by atoms with van der Waals surface area (Å²) in [7, 11) is 5.53. The second-order valence-corrected chi connectivity index (χ2v) is 5.83. The van der Waals surface area contributed by atoms with Gasteiger partial charge < -0.3 is 10.1 Å². The highest BCUT2D eigenvalue weighted by Gasteiger charge is 2.20. The molecule has 0 bridgehead atoms. The predicted molar refractivity (Wildman–Crippen MR) is 82.5 cm³/mol. The Morgan fingerprint density at radius 3 is 2.53 bits per heavy atom. The van der Waals surface area contributed by atoms with Crippen molar-refractivity contribution in [2.24, 2.45) is 7.05 Å². The van der Waals surface area contributed by atoms with Gasteiger partial charge in [-0.1, -0.05) is 6.07 Å². The highest BCUT2D eigenvalue weighted by atomic mass is 79.9.